The first-order valence-corrected chi connectivity index (χ1v) is 11.9. The van der Waals surface area contributed by atoms with Gasteiger partial charge in [-0.25, -0.2) is 4.79 Å². The lowest BCUT2D eigenvalue weighted by atomic mass is 9.68. The summed E-state index contributed by atoms with van der Waals surface area (Å²) in [6.07, 6.45) is 3.43. The first kappa shape index (κ1) is 21.3. The summed E-state index contributed by atoms with van der Waals surface area (Å²) in [5, 5.41) is 10.4. The van der Waals surface area contributed by atoms with E-state index in [9.17, 15) is 9.90 Å². The largest absolute Gasteiger partial charge is 0.497 e. The molecule has 0 saturated carbocycles. The second-order valence-corrected chi connectivity index (χ2v) is 10.4. The molecule has 3 fully saturated rings. The fourth-order valence-corrected chi connectivity index (χ4v) is 6.29. The molecule has 1 amide bonds. The second kappa shape index (κ2) is 8.11. The molecule has 0 unspecified atom stereocenters. The molecule has 2 aromatic carbocycles. The summed E-state index contributed by atoms with van der Waals surface area (Å²) in [4.78, 5) is 17.0. The van der Waals surface area contributed by atoms with Crippen molar-refractivity contribution in [3.05, 3.63) is 53.6 Å². The zero-order valence-corrected chi connectivity index (χ0v) is 19.4. The third-order valence-corrected chi connectivity index (χ3v) is 8.12. The number of ether oxygens (including phenoxy) is 1. The van der Waals surface area contributed by atoms with Crippen LogP contribution in [0.5, 0.6) is 5.75 Å². The Hall–Kier alpha value is -2.53. The normalized spacial score (nSPS) is 28.1. The highest BCUT2D eigenvalue weighted by Crippen LogP contribution is 2.50. The molecule has 0 spiro atoms. The van der Waals surface area contributed by atoms with Crippen LogP contribution in [0.1, 0.15) is 50.3 Å². The minimum Gasteiger partial charge on any atom is -0.497 e. The molecule has 1 aliphatic carbocycles. The van der Waals surface area contributed by atoms with Gasteiger partial charge in [-0.15, -0.1) is 0 Å². The predicted octanol–water partition coefficient (Wildman–Crippen LogP) is 5.45. The van der Waals surface area contributed by atoms with Crippen LogP contribution in [-0.2, 0) is 6.42 Å². The molecule has 5 nitrogen and oxygen atoms in total. The van der Waals surface area contributed by atoms with E-state index in [1.807, 2.05) is 17.0 Å². The van der Waals surface area contributed by atoms with Crippen LogP contribution < -0.4 is 4.74 Å². The van der Waals surface area contributed by atoms with Crippen molar-refractivity contribution in [2.75, 3.05) is 26.7 Å². The maximum Gasteiger partial charge on any atom is 0.408 e. The van der Waals surface area contributed by atoms with Crippen LogP contribution in [-0.4, -0.2) is 53.8 Å². The average molecular weight is 435 g/mol. The molecule has 2 bridgehead atoms. The third kappa shape index (κ3) is 3.66. The lowest BCUT2D eigenvalue weighted by Crippen LogP contribution is -2.61. The molecule has 2 aromatic rings. The van der Waals surface area contributed by atoms with E-state index < -0.39 is 6.09 Å². The highest BCUT2D eigenvalue weighted by atomic mass is 16.5. The van der Waals surface area contributed by atoms with Gasteiger partial charge in [0.15, 0.2) is 0 Å². The van der Waals surface area contributed by atoms with E-state index in [1.165, 1.54) is 16.7 Å². The van der Waals surface area contributed by atoms with Crippen LogP contribution in [0.3, 0.4) is 0 Å². The molecule has 0 aromatic heterocycles. The Morgan fingerprint density at radius 2 is 1.78 bits per heavy atom. The van der Waals surface area contributed by atoms with Crippen molar-refractivity contribution in [3.8, 4) is 16.9 Å². The summed E-state index contributed by atoms with van der Waals surface area (Å²) in [7, 11) is 1.68. The number of rotatable bonds is 4. The molecule has 3 saturated heterocycles. The Bertz CT molecular complexity index is 992. The highest BCUT2D eigenvalue weighted by Gasteiger charge is 2.48. The summed E-state index contributed by atoms with van der Waals surface area (Å²) >= 11 is 0. The summed E-state index contributed by atoms with van der Waals surface area (Å²) in [5.74, 6) is 1.33. The molecular weight excluding hydrogens is 400 g/mol. The number of hydrogen-bond donors (Lipinski definition) is 1. The van der Waals surface area contributed by atoms with E-state index in [0.717, 1.165) is 56.6 Å². The zero-order valence-electron chi connectivity index (χ0n) is 19.4. The fraction of sp³-hybridized carbons (Fsp3) is 0.519. The number of hydrogen-bond acceptors (Lipinski definition) is 3. The second-order valence-electron chi connectivity index (χ2n) is 10.4. The van der Waals surface area contributed by atoms with E-state index in [4.69, 9.17) is 4.74 Å². The fourth-order valence-electron chi connectivity index (χ4n) is 6.29. The number of fused-ring (bicyclic) bond motifs is 4. The number of piperidine rings is 3. The first-order chi connectivity index (χ1) is 15.4. The van der Waals surface area contributed by atoms with Gasteiger partial charge >= 0.3 is 6.09 Å². The molecule has 0 radical (unpaired) electrons. The Labute approximate surface area is 191 Å². The molecule has 6 rings (SSSR count). The van der Waals surface area contributed by atoms with E-state index in [-0.39, 0.29) is 17.5 Å². The first-order valence-electron chi connectivity index (χ1n) is 11.9. The smallest absolute Gasteiger partial charge is 0.408 e. The molecule has 32 heavy (non-hydrogen) atoms. The van der Waals surface area contributed by atoms with Gasteiger partial charge in [0.2, 0.25) is 0 Å². The van der Waals surface area contributed by atoms with Crippen LogP contribution in [0, 0.1) is 11.3 Å². The lowest BCUT2D eigenvalue weighted by molar-refractivity contribution is -0.0352. The van der Waals surface area contributed by atoms with Gasteiger partial charge < -0.3 is 14.7 Å². The zero-order chi connectivity index (χ0) is 22.5. The van der Waals surface area contributed by atoms with Gasteiger partial charge in [0.1, 0.15) is 5.75 Å². The molecule has 3 aliphatic heterocycles. The molecular formula is C27H34N2O3. The number of methoxy groups -OCH3 is 1. The van der Waals surface area contributed by atoms with Gasteiger partial charge in [-0.2, -0.15) is 0 Å². The van der Waals surface area contributed by atoms with Gasteiger partial charge in [0, 0.05) is 6.54 Å². The Morgan fingerprint density at radius 1 is 1.09 bits per heavy atom. The quantitative estimate of drug-likeness (QED) is 0.695. The molecule has 3 heterocycles. The monoisotopic (exact) mass is 434 g/mol. The molecule has 170 valence electrons. The van der Waals surface area contributed by atoms with Crippen LogP contribution in [0.2, 0.25) is 0 Å². The van der Waals surface area contributed by atoms with Gasteiger partial charge in [0.05, 0.1) is 19.2 Å². The summed E-state index contributed by atoms with van der Waals surface area (Å²) in [6, 6.07) is 14.7. The molecule has 4 aliphatic rings. The number of nitrogens with zero attached hydrogens (tertiary/aromatic N) is 2. The van der Waals surface area contributed by atoms with Crippen molar-refractivity contribution in [1.29, 1.82) is 0 Å². The van der Waals surface area contributed by atoms with Crippen molar-refractivity contribution >= 4 is 6.09 Å². The van der Waals surface area contributed by atoms with Crippen molar-refractivity contribution in [2.45, 2.75) is 51.6 Å². The minimum atomic E-state index is -0.770. The van der Waals surface area contributed by atoms with Crippen molar-refractivity contribution in [3.63, 3.8) is 0 Å². The van der Waals surface area contributed by atoms with E-state index in [1.54, 1.807) is 7.11 Å². The highest BCUT2D eigenvalue weighted by molar-refractivity contribution is 5.69. The average Bonchev–Trinajstić information content (AvgIpc) is 2.81. The van der Waals surface area contributed by atoms with Crippen LogP contribution in [0.25, 0.3) is 11.1 Å². The number of benzene rings is 2. The van der Waals surface area contributed by atoms with E-state index in [0.29, 0.717) is 5.92 Å². The summed E-state index contributed by atoms with van der Waals surface area (Å²) in [6.45, 7) is 7.60. The maximum atomic E-state index is 12.7. The Balaban J connectivity index is 1.53. The van der Waals surface area contributed by atoms with Gasteiger partial charge in [-0.05, 0) is 84.5 Å². The maximum absolute atomic E-state index is 12.7. The van der Waals surface area contributed by atoms with Gasteiger partial charge in [-0.1, -0.05) is 44.2 Å². The molecule has 1 N–H and O–H groups in total. The minimum absolute atomic E-state index is 0.0893. The van der Waals surface area contributed by atoms with Crippen LogP contribution >= 0.6 is 0 Å². The van der Waals surface area contributed by atoms with Crippen LogP contribution in [0.15, 0.2) is 42.5 Å². The molecule has 5 heteroatoms. The SMILES string of the molecule is COc1ccc(-c2ccc3c(c2)CCC(C)(C)[C@H]3N(C(=O)O)[C@@H]2CN3CCC2CC3)cc1. The summed E-state index contributed by atoms with van der Waals surface area (Å²) < 4.78 is 5.30. The summed E-state index contributed by atoms with van der Waals surface area (Å²) in [5.41, 5.74) is 4.71. The van der Waals surface area contributed by atoms with Crippen LogP contribution in [0.4, 0.5) is 4.79 Å². The standard InChI is InChI=1S/C27H34N2O3/c1-27(2)13-10-21-16-20(18-4-7-22(32-3)8-5-18)6-9-23(21)25(27)29(26(30)31)24-17-28-14-11-19(24)12-15-28/h4-9,16,19,24-25H,10-15,17H2,1-3H3,(H,30,31)/t24-,25+/m1/s1. The number of aryl methyl sites for hydroxylation is 1. The molecule has 2 atom stereocenters. The lowest BCUT2D eigenvalue weighted by Gasteiger charge is -2.54. The number of carbonyl (C=O) groups is 1. The van der Waals surface area contributed by atoms with Crippen molar-refractivity contribution in [1.82, 2.24) is 9.80 Å². The number of amides is 1. The van der Waals surface area contributed by atoms with E-state index in [2.05, 4.69) is 49.1 Å². The van der Waals surface area contributed by atoms with Crippen molar-refractivity contribution < 1.29 is 14.6 Å². The predicted molar refractivity (Wildman–Crippen MR) is 126 cm³/mol. The van der Waals surface area contributed by atoms with Gasteiger partial charge in [-0.3, -0.25) is 4.90 Å². The topological polar surface area (TPSA) is 53.0 Å². The Kier molecular flexibility index (Phi) is 5.40. The Morgan fingerprint density at radius 3 is 2.38 bits per heavy atom. The van der Waals surface area contributed by atoms with Gasteiger partial charge in [0.25, 0.3) is 0 Å². The third-order valence-electron chi connectivity index (χ3n) is 8.12. The number of carboxylic acid groups (broad SMARTS) is 1. The van der Waals surface area contributed by atoms with E-state index >= 15 is 0 Å². The van der Waals surface area contributed by atoms with Crippen molar-refractivity contribution in [2.24, 2.45) is 11.3 Å².